The van der Waals surface area contributed by atoms with Gasteiger partial charge in [0.1, 0.15) is 17.7 Å². The lowest BCUT2D eigenvalue weighted by atomic mass is 10.0. The van der Waals surface area contributed by atoms with E-state index < -0.39 is 23.8 Å². The summed E-state index contributed by atoms with van der Waals surface area (Å²) in [5, 5.41) is 3.05. The molecule has 29 heavy (non-hydrogen) atoms. The van der Waals surface area contributed by atoms with E-state index in [0.717, 1.165) is 11.6 Å². The number of hydrogen-bond acceptors (Lipinski definition) is 5. The highest BCUT2D eigenvalue weighted by Crippen LogP contribution is 2.32. The summed E-state index contributed by atoms with van der Waals surface area (Å²) in [4.78, 5) is 12.6. The number of aryl methyl sites for hydroxylation is 1. The largest absolute Gasteiger partial charge is 0.480 e. The molecule has 5 nitrogen and oxygen atoms in total. The van der Waals surface area contributed by atoms with Crippen molar-refractivity contribution in [2.45, 2.75) is 39.3 Å². The van der Waals surface area contributed by atoms with Crippen molar-refractivity contribution in [3.05, 3.63) is 77.3 Å². The first-order valence-electron chi connectivity index (χ1n) is 9.10. The number of anilines is 1. The number of rotatable bonds is 7. The summed E-state index contributed by atoms with van der Waals surface area (Å²) in [5.41, 5.74) is 0.352. The highest BCUT2D eigenvalue weighted by Gasteiger charge is 2.21. The predicted octanol–water partition coefficient (Wildman–Crippen LogP) is 5.57. The fourth-order valence-corrected chi connectivity index (χ4v) is 2.88. The van der Waals surface area contributed by atoms with Gasteiger partial charge in [-0.3, -0.25) is 4.98 Å². The minimum absolute atomic E-state index is 0.116. The van der Waals surface area contributed by atoms with Crippen molar-refractivity contribution in [3.63, 3.8) is 0 Å². The lowest BCUT2D eigenvalue weighted by molar-refractivity contribution is 0.146. The van der Waals surface area contributed by atoms with Crippen LogP contribution in [0.4, 0.5) is 19.0 Å². The Balaban J connectivity index is 1.86. The van der Waals surface area contributed by atoms with E-state index in [2.05, 4.69) is 20.3 Å². The van der Waals surface area contributed by atoms with Gasteiger partial charge in [-0.15, -0.1) is 0 Å². The van der Waals surface area contributed by atoms with Gasteiger partial charge in [-0.25, -0.2) is 23.1 Å². The molecule has 1 aromatic carbocycles. The topological polar surface area (TPSA) is 59.9 Å². The molecule has 8 heteroatoms. The molecule has 152 valence electrons. The quantitative estimate of drug-likeness (QED) is 0.560. The maximum atomic E-state index is 14.5. The van der Waals surface area contributed by atoms with Gasteiger partial charge in [0.15, 0.2) is 11.6 Å². The van der Waals surface area contributed by atoms with E-state index in [1.807, 2.05) is 13.0 Å². The molecule has 0 aliphatic heterocycles. The monoisotopic (exact) mass is 402 g/mol. The van der Waals surface area contributed by atoms with Crippen LogP contribution in [0.5, 0.6) is 5.75 Å². The molecule has 0 aliphatic carbocycles. The highest BCUT2D eigenvalue weighted by atomic mass is 19.3. The Kier molecular flexibility index (Phi) is 6.31. The zero-order valence-corrected chi connectivity index (χ0v) is 16.2. The van der Waals surface area contributed by atoms with Gasteiger partial charge in [0.25, 0.3) is 6.43 Å². The zero-order valence-electron chi connectivity index (χ0n) is 16.2. The highest BCUT2D eigenvalue weighted by molar-refractivity contribution is 5.51. The van der Waals surface area contributed by atoms with Crippen LogP contribution >= 0.6 is 0 Å². The van der Waals surface area contributed by atoms with Crippen LogP contribution in [0.2, 0.25) is 0 Å². The molecule has 0 saturated carbocycles. The van der Waals surface area contributed by atoms with Crippen molar-refractivity contribution in [3.8, 4) is 5.75 Å². The van der Waals surface area contributed by atoms with Crippen LogP contribution in [0.3, 0.4) is 0 Å². The van der Waals surface area contributed by atoms with E-state index in [4.69, 9.17) is 4.74 Å². The summed E-state index contributed by atoms with van der Waals surface area (Å²) in [6.45, 7) is 5.23. The number of pyridine rings is 1. The Morgan fingerprint density at radius 1 is 1.03 bits per heavy atom. The Morgan fingerprint density at radius 3 is 2.48 bits per heavy atom. The first-order chi connectivity index (χ1) is 13.9. The van der Waals surface area contributed by atoms with Gasteiger partial charge in [0.05, 0.1) is 17.8 Å². The number of alkyl halides is 2. The molecule has 0 saturated heterocycles. The molecule has 2 heterocycles. The van der Waals surface area contributed by atoms with E-state index in [0.29, 0.717) is 17.4 Å². The van der Waals surface area contributed by atoms with Gasteiger partial charge in [0.2, 0.25) is 0 Å². The fourth-order valence-electron chi connectivity index (χ4n) is 2.88. The number of benzene rings is 1. The molecule has 0 aliphatic rings. The maximum absolute atomic E-state index is 14.5. The molecular weight excluding hydrogens is 381 g/mol. The molecule has 3 aromatic rings. The van der Waals surface area contributed by atoms with Crippen molar-refractivity contribution < 1.29 is 17.9 Å². The standard InChI is InChI=1S/C21H21F3N4O/c1-12(16-7-4-8-17(19(16)22)20(23)24)27-21-18(11-26-14(3)28-21)29-13(2)15-6-5-9-25-10-15/h4-13,20H,1-3H3,(H,26,27,28)/t12-,13?/m1/s1. The normalized spacial score (nSPS) is 13.2. The van der Waals surface area contributed by atoms with Crippen molar-refractivity contribution in [2.75, 3.05) is 5.32 Å². The lowest BCUT2D eigenvalue weighted by Crippen LogP contribution is -2.14. The Hall–Kier alpha value is -3.16. The van der Waals surface area contributed by atoms with Crippen LogP contribution in [0.25, 0.3) is 0 Å². The number of nitrogens with one attached hydrogen (secondary N) is 1. The average Bonchev–Trinajstić information content (AvgIpc) is 2.70. The van der Waals surface area contributed by atoms with Gasteiger partial charge in [-0.05, 0) is 26.8 Å². The molecule has 2 atom stereocenters. The van der Waals surface area contributed by atoms with Crippen molar-refractivity contribution >= 4 is 5.82 Å². The molecule has 2 aromatic heterocycles. The second-order valence-electron chi connectivity index (χ2n) is 6.59. The minimum atomic E-state index is -2.89. The van der Waals surface area contributed by atoms with Gasteiger partial charge in [-0.2, -0.15) is 0 Å². The van der Waals surface area contributed by atoms with E-state index in [1.54, 1.807) is 32.3 Å². The molecule has 0 amide bonds. The molecule has 3 rings (SSSR count). The van der Waals surface area contributed by atoms with Crippen molar-refractivity contribution in [1.29, 1.82) is 0 Å². The van der Waals surface area contributed by atoms with Gasteiger partial charge >= 0.3 is 0 Å². The predicted molar refractivity (Wildman–Crippen MR) is 103 cm³/mol. The average molecular weight is 402 g/mol. The minimum Gasteiger partial charge on any atom is -0.480 e. The number of ether oxygens (including phenoxy) is 1. The molecule has 0 spiro atoms. The third-order valence-corrected chi connectivity index (χ3v) is 4.45. The Morgan fingerprint density at radius 2 is 1.79 bits per heavy atom. The van der Waals surface area contributed by atoms with Crippen LogP contribution in [0.1, 0.15) is 54.9 Å². The first kappa shape index (κ1) is 20.6. The number of aromatic nitrogens is 3. The van der Waals surface area contributed by atoms with Crippen LogP contribution in [-0.4, -0.2) is 15.0 Å². The van der Waals surface area contributed by atoms with Gasteiger partial charge < -0.3 is 10.1 Å². The number of hydrogen-bond donors (Lipinski definition) is 1. The number of halogens is 3. The zero-order chi connectivity index (χ0) is 21.0. The number of nitrogens with zero attached hydrogens (tertiary/aromatic N) is 3. The SMILES string of the molecule is Cc1ncc(OC(C)c2cccnc2)c(N[C@H](C)c2cccc(C(F)F)c2F)n1. The van der Waals surface area contributed by atoms with E-state index >= 15 is 0 Å². The molecule has 0 radical (unpaired) electrons. The van der Waals surface area contributed by atoms with Crippen LogP contribution in [-0.2, 0) is 0 Å². The lowest BCUT2D eigenvalue weighted by Gasteiger charge is -2.21. The Bertz CT molecular complexity index is 969. The van der Waals surface area contributed by atoms with E-state index in [9.17, 15) is 13.2 Å². The second-order valence-corrected chi connectivity index (χ2v) is 6.59. The summed E-state index contributed by atoms with van der Waals surface area (Å²) >= 11 is 0. The molecule has 1 unspecified atom stereocenters. The van der Waals surface area contributed by atoms with Gasteiger partial charge in [-0.1, -0.05) is 24.3 Å². The maximum Gasteiger partial charge on any atom is 0.266 e. The summed E-state index contributed by atoms with van der Waals surface area (Å²) < 4.78 is 46.5. The summed E-state index contributed by atoms with van der Waals surface area (Å²) in [6, 6.07) is 7.01. The first-order valence-corrected chi connectivity index (χ1v) is 9.10. The summed E-state index contributed by atoms with van der Waals surface area (Å²) in [5.74, 6) is 0.272. The molecular formula is C21H21F3N4O. The third-order valence-electron chi connectivity index (χ3n) is 4.45. The summed E-state index contributed by atoms with van der Waals surface area (Å²) in [6.07, 6.45) is 1.67. The van der Waals surface area contributed by atoms with Crippen molar-refractivity contribution in [1.82, 2.24) is 15.0 Å². The van der Waals surface area contributed by atoms with Crippen LogP contribution in [0.15, 0.2) is 48.9 Å². The van der Waals surface area contributed by atoms with Gasteiger partial charge in [0, 0.05) is 23.5 Å². The Labute approximate surface area is 167 Å². The van der Waals surface area contributed by atoms with E-state index in [-0.39, 0.29) is 11.7 Å². The van der Waals surface area contributed by atoms with E-state index in [1.165, 1.54) is 18.3 Å². The molecule has 0 fully saturated rings. The third kappa shape index (κ3) is 4.82. The molecule has 1 N–H and O–H groups in total. The summed E-state index contributed by atoms with van der Waals surface area (Å²) in [7, 11) is 0. The second kappa shape index (κ2) is 8.89. The van der Waals surface area contributed by atoms with Crippen LogP contribution < -0.4 is 10.1 Å². The van der Waals surface area contributed by atoms with Crippen molar-refractivity contribution in [2.24, 2.45) is 0 Å². The smallest absolute Gasteiger partial charge is 0.266 e. The fraction of sp³-hybridized carbons (Fsp3) is 0.286. The molecule has 0 bridgehead atoms. The van der Waals surface area contributed by atoms with Crippen LogP contribution in [0, 0.1) is 12.7 Å².